The Hall–Kier alpha value is -2.88. The van der Waals surface area contributed by atoms with Crippen LogP contribution in [0.2, 0.25) is 0 Å². The predicted octanol–water partition coefficient (Wildman–Crippen LogP) is 1.50. The van der Waals surface area contributed by atoms with Crippen molar-refractivity contribution in [1.29, 1.82) is 0 Å². The van der Waals surface area contributed by atoms with Gasteiger partial charge in [-0.25, -0.2) is 4.98 Å². The molecule has 1 aromatic heterocycles. The minimum atomic E-state index is -0.882. The number of aldehydes is 1. The lowest BCUT2D eigenvalue weighted by Crippen LogP contribution is -2.60. The Morgan fingerprint density at radius 1 is 1.14 bits per heavy atom. The van der Waals surface area contributed by atoms with Crippen LogP contribution in [-0.2, 0) is 19.1 Å². The monoisotopic (exact) mass is 487 g/mol. The molecule has 1 aliphatic carbocycles. The summed E-state index contributed by atoms with van der Waals surface area (Å²) >= 11 is 0. The van der Waals surface area contributed by atoms with E-state index < -0.39 is 35.4 Å². The van der Waals surface area contributed by atoms with Gasteiger partial charge in [-0.1, -0.05) is 40.0 Å². The van der Waals surface area contributed by atoms with Gasteiger partial charge in [-0.2, -0.15) is 0 Å². The Kier molecular flexibility index (Phi) is 8.93. The van der Waals surface area contributed by atoms with Gasteiger partial charge >= 0.3 is 0 Å². The minimum absolute atomic E-state index is 0.0486. The first-order valence-electron chi connectivity index (χ1n) is 12.3. The average molecular weight is 488 g/mol. The van der Waals surface area contributed by atoms with E-state index in [0.717, 1.165) is 38.4 Å². The number of likely N-dealkylation sites (tertiary alicyclic amines) is 1. The van der Waals surface area contributed by atoms with Gasteiger partial charge in [-0.05, 0) is 24.2 Å². The lowest BCUT2D eigenvalue weighted by atomic mass is 9.82. The van der Waals surface area contributed by atoms with Gasteiger partial charge in [0.25, 0.3) is 5.91 Å². The third-order valence-electron chi connectivity index (χ3n) is 6.96. The molecule has 35 heavy (non-hydrogen) atoms. The molecule has 2 fully saturated rings. The van der Waals surface area contributed by atoms with Gasteiger partial charge in [0.15, 0.2) is 0 Å². The molecule has 1 aliphatic heterocycles. The normalized spacial score (nSPS) is 22.8. The van der Waals surface area contributed by atoms with E-state index in [-0.39, 0.29) is 30.2 Å². The largest absolute Gasteiger partial charge is 0.380 e. The number of rotatable bonds is 8. The molecular weight excluding hydrogens is 450 g/mol. The summed E-state index contributed by atoms with van der Waals surface area (Å²) in [6, 6.07) is -2.29. The summed E-state index contributed by atoms with van der Waals surface area (Å²) in [5.74, 6) is -1.27. The Bertz CT molecular complexity index is 897. The second kappa shape index (κ2) is 11.7. The lowest BCUT2D eigenvalue weighted by molar-refractivity contribution is -0.142. The van der Waals surface area contributed by atoms with E-state index >= 15 is 0 Å². The summed E-state index contributed by atoms with van der Waals surface area (Å²) in [5.41, 5.74) is -0.502. The number of ether oxygens (including phenoxy) is 1. The van der Waals surface area contributed by atoms with E-state index in [9.17, 15) is 19.2 Å². The van der Waals surface area contributed by atoms with Crippen LogP contribution in [0.1, 0.15) is 69.8 Å². The summed E-state index contributed by atoms with van der Waals surface area (Å²) in [7, 11) is 1.55. The van der Waals surface area contributed by atoms with Crippen LogP contribution in [0.5, 0.6) is 0 Å². The summed E-state index contributed by atoms with van der Waals surface area (Å²) in [4.78, 5) is 61.2. The Labute approximate surface area is 206 Å². The highest BCUT2D eigenvalue weighted by molar-refractivity contribution is 5.97. The van der Waals surface area contributed by atoms with Crippen LogP contribution in [0.3, 0.4) is 0 Å². The van der Waals surface area contributed by atoms with Gasteiger partial charge in [-0.15, -0.1) is 0 Å². The minimum Gasteiger partial charge on any atom is -0.380 e. The molecule has 0 bridgehead atoms. The van der Waals surface area contributed by atoms with Crippen molar-refractivity contribution in [3.63, 3.8) is 0 Å². The molecule has 1 saturated heterocycles. The van der Waals surface area contributed by atoms with Gasteiger partial charge in [0.1, 0.15) is 24.1 Å². The number of carbonyl (C=O) groups is 4. The number of amides is 3. The zero-order valence-corrected chi connectivity index (χ0v) is 21.0. The van der Waals surface area contributed by atoms with Crippen molar-refractivity contribution in [2.45, 2.75) is 83.5 Å². The topological polar surface area (TPSA) is 131 Å². The second-order valence-electron chi connectivity index (χ2n) is 10.5. The molecule has 3 rings (SSSR count). The molecule has 1 saturated carbocycles. The number of nitrogens with one attached hydrogen (secondary N) is 2. The SMILES string of the molecule is CO[C@@H]1CC(C=O)N(C(=O)[C@@H](NC(=O)C(NC(=O)c2cnccn2)C2CCCCC2)C(C)(C)C)C1. The highest BCUT2D eigenvalue weighted by Crippen LogP contribution is 2.29. The third-order valence-corrected chi connectivity index (χ3v) is 6.96. The first kappa shape index (κ1) is 26.7. The van der Waals surface area contributed by atoms with Crippen molar-refractivity contribution in [3.8, 4) is 0 Å². The van der Waals surface area contributed by atoms with Crippen LogP contribution in [0.15, 0.2) is 18.6 Å². The molecule has 0 radical (unpaired) electrons. The number of nitrogens with zero attached hydrogens (tertiary/aromatic N) is 3. The molecule has 2 aliphatic rings. The molecule has 2 N–H and O–H groups in total. The van der Waals surface area contributed by atoms with Crippen molar-refractivity contribution < 1.29 is 23.9 Å². The zero-order valence-electron chi connectivity index (χ0n) is 21.0. The van der Waals surface area contributed by atoms with Crippen molar-refractivity contribution >= 4 is 24.0 Å². The van der Waals surface area contributed by atoms with Crippen molar-refractivity contribution in [1.82, 2.24) is 25.5 Å². The zero-order chi connectivity index (χ0) is 25.6. The first-order valence-corrected chi connectivity index (χ1v) is 12.3. The molecule has 0 spiro atoms. The highest BCUT2D eigenvalue weighted by Gasteiger charge is 2.43. The molecule has 10 heteroatoms. The van der Waals surface area contributed by atoms with Crippen LogP contribution in [0.25, 0.3) is 0 Å². The molecule has 2 heterocycles. The third kappa shape index (κ3) is 6.62. The summed E-state index contributed by atoms with van der Waals surface area (Å²) in [5, 5.41) is 5.78. The fraction of sp³-hybridized carbons (Fsp3) is 0.680. The number of aromatic nitrogens is 2. The molecular formula is C25H37N5O5. The predicted molar refractivity (Wildman–Crippen MR) is 128 cm³/mol. The molecule has 4 atom stereocenters. The van der Waals surface area contributed by atoms with Gasteiger partial charge in [0.05, 0.1) is 18.3 Å². The van der Waals surface area contributed by atoms with Gasteiger partial charge in [-0.3, -0.25) is 19.4 Å². The van der Waals surface area contributed by atoms with Crippen molar-refractivity contribution in [3.05, 3.63) is 24.3 Å². The first-order chi connectivity index (χ1) is 16.7. The highest BCUT2D eigenvalue weighted by atomic mass is 16.5. The molecule has 10 nitrogen and oxygen atoms in total. The van der Waals surface area contributed by atoms with Gasteiger partial charge < -0.3 is 25.1 Å². The molecule has 0 aromatic carbocycles. The molecule has 3 amide bonds. The molecule has 2 unspecified atom stereocenters. The number of hydrogen-bond donors (Lipinski definition) is 2. The maximum atomic E-state index is 13.6. The standard InChI is InChI=1S/C25H37N5O5/c1-25(2,3)21(24(34)30-14-18(35-4)12-17(30)15-31)29-23(33)20(16-8-6-5-7-9-16)28-22(32)19-13-26-10-11-27-19/h10-11,13,15-18,20-21H,5-9,12,14H2,1-4H3,(H,28,32)(H,29,33)/t17?,18-,20?,21-/m1/s1. The lowest BCUT2D eigenvalue weighted by Gasteiger charge is -2.37. The quantitative estimate of drug-likeness (QED) is 0.531. The van der Waals surface area contributed by atoms with E-state index in [2.05, 4.69) is 20.6 Å². The fourth-order valence-corrected chi connectivity index (χ4v) is 4.92. The van der Waals surface area contributed by atoms with Crippen LogP contribution in [0, 0.1) is 11.3 Å². The van der Waals surface area contributed by atoms with E-state index in [1.807, 2.05) is 20.8 Å². The van der Waals surface area contributed by atoms with Crippen LogP contribution < -0.4 is 10.6 Å². The van der Waals surface area contributed by atoms with E-state index in [1.54, 1.807) is 7.11 Å². The maximum absolute atomic E-state index is 13.6. The summed E-state index contributed by atoms with van der Waals surface area (Å²) < 4.78 is 5.37. The average Bonchev–Trinajstić information content (AvgIpc) is 3.29. The van der Waals surface area contributed by atoms with Crippen LogP contribution >= 0.6 is 0 Å². The Morgan fingerprint density at radius 2 is 1.86 bits per heavy atom. The Balaban J connectivity index is 1.82. The number of methoxy groups -OCH3 is 1. The maximum Gasteiger partial charge on any atom is 0.272 e. The smallest absolute Gasteiger partial charge is 0.272 e. The number of carbonyl (C=O) groups excluding carboxylic acids is 4. The van der Waals surface area contributed by atoms with Crippen molar-refractivity contribution in [2.24, 2.45) is 11.3 Å². The van der Waals surface area contributed by atoms with E-state index in [1.165, 1.54) is 23.5 Å². The number of hydrogen-bond acceptors (Lipinski definition) is 7. The van der Waals surface area contributed by atoms with E-state index in [0.29, 0.717) is 6.42 Å². The molecule has 192 valence electrons. The fourth-order valence-electron chi connectivity index (χ4n) is 4.92. The Morgan fingerprint density at radius 3 is 2.43 bits per heavy atom. The summed E-state index contributed by atoms with van der Waals surface area (Å²) in [6.07, 6.45) is 9.86. The van der Waals surface area contributed by atoms with Gasteiger partial charge in [0.2, 0.25) is 11.8 Å². The van der Waals surface area contributed by atoms with Crippen molar-refractivity contribution in [2.75, 3.05) is 13.7 Å². The second-order valence-corrected chi connectivity index (χ2v) is 10.5. The van der Waals surface area contributed by atoms with E-state index in [4.69, 9.17) is 4.74 Å². The molecule has 1 aromatic rings. The van der Waals surface area contributed by atoms with Crippen LogP contribution in [-0.4, -0.2) is 76.8 Å². The van der Waals surface area contributed by atoms with Crippen LogP contribution in [0.4, 0.5) is 0 Å². The van der Waals surface area contributed by atoms with Gasteiger partial charge in [0, 0.05) is 32.5 Å². The summed E-state index contributed by atoms with van der Waals surface area (Å²) in [6.45, 7) is 5.88.